The van der Waals surface area contributed by atoms with Crippen LogP contribution in [0, 0.1) is 0 Å². The highest BCUT2D eigenvalue weighted by atomic mass is 14.9. The summed E-state index contributed by atoms with van der Waals surface area (Å²) in [5, 5.41) is 11.1. The normalized spacial score (nSPS) is 14.4. The Morgan fingerprint density at radius 2 is 1.02 bits per heavy atom. The minimum absolute atomic E-state index is 0.487. The van der Waals surface area contributed by atoms with Gasteiger partial charge in [-0.25, -0.2) is 0 Å². The summed E-state index contributed by atoms with van der Waals surface area (Å²) in [4.78, 5) is 14.0. The van der Waals surface area contributed by atoms with Crippen LogP contribution in [0.25, 0.3) is 81.6 Å². The zero-order valence-corrected chi connectivity index (χ0v) is 29.1. The van der Waals surface area contributed by atoms with Crippen LogP contribution in [0.5, 0.6) is 0 Å². The molecule has 4 heteroatoms. The molecule has 1 atom stereocenters. The van der Waals surface area contributed by atoms with Gasteiger partial charge in [0.1, 0.15) is 5.92 Å². The fourth-order valence-corrected chi connectivity index (χ4v) is 9.18. The van der Waals surface area contributed by atoms with Crippen LogP contribution in [-0.2, 0) is 0 Å². The second-order valence-electron chi connectivity index (χ2n) is 14.0. The first kappa shape index (κ1) is 30.4. The Bertz CT molecular complexity index is 3280. The lowest BCUT2D eigenvalue weighted by molar-refractivity contribution is -0.00713. The Hall–Kier alpha value is -7.26. The Morgan fingerprint density at radius 1 is 0.426 bits per heavy atom. The van der Waals surface area contributed by atoms with Crippen LogP contribution in [0.4, 0.5) is 0 Å². The summed E-state index contributed by atoms with van der Waals surface area (Å²) in [6.07, 6.45) is 3.69. The van der Waals surface area contributed by atoms with E-state index in [4.69, 9.17) is 9.97 Å². The van der Waals surface area contributed by atoms with E-state index in [2.05, 4.69) is 156 Å². The van der Waals surface area contributed by atoms with E-state index in [0.29, 0.717) is 5.71 Å². The molecule has 1 aliphatic carbocycles. The second kappa shape index (κ2) is 11.9. The van der Waals surface area contributed by atoms with Crippen LogP contribution < -0.4 is 0 Å². The predicted octanol–water partition coefficient (Wildman–Crippen LogP) is 12.2. The van der Waals surface area contributed by atoms with Crippen molar-refractivity contribution in [3.8, 4) is 0 Å². The highest BCUT2D eigenvalue weighted by Gasteiger charge is 2.44. The molecule has 54 heavy (non-hydrogen) atoms. The average Bonchev–Trinajstić information content (AvgIpc) is 3.24. The lowest BCUT2D eigenvalue weighted by atomic mass is 9.66. The van der Waals surface area contributed by atoms with Gasteiger partial charge in [0.2, 0.25) is 0 Å². The van der Waals surface area contributed by atoms with Crippen molar-refractivity contribution in [2.75, 3.05) is 0 Å². The lowest BCUT2D eigenvalue weighted by Crippen LogP contribution is -2.25. The molecule has 1 unspecified atom stereocenters. The Morgan fingerprint density at radius 3 is 1.81 bits per heavy atom. The van der Waals surface area contributed by atoms with Crippen molar-refractivity contribution in [2.24, 2.45) is 0 Å². The highest BCUT2D eigenvalue weighted by molar-refractivity contribution is 6.36. The number of rotatable bonds is 3. The van der Waals surface area contributed by atoms with Gasteiger partial charge in [0.25, 0.3) is 0 Å². The quantitative estimate of drug-likeness (QED) is 0.105. The number of aromatic nitrogens is 2. The van der Waals surface area contributed by atoms with E-state index < -0.39 is 5.92 Å². The van der Waals surface area contributed by atoms with Crippen molar-refractivity contribution in [1.29, 1.82) is 0 Å². The van der Waals surface area contributed by atoms with Crippen molar-refractivity contribution in [3.63, 3.8) is 0 Å². The summed E-state index contributed by atoms with van der Waals surface area (Å²) in [5.41, 5.74) is 21.4. The second-order valence-corrected chi connectivity index (χ2v) is 14.0. The van der Waals surface area contributed by atoms with E-state index in [9.17, 15) is 5.53 Å². The molecule has 0 saturated carbocycles. The van der Waals surface area contributed by atoms with Gasteiger partial charge >= 0.3 is 5.71 Å². The van der Waals surface area contributed by atoms with Gasteiger partial charge in [-0.15, -0.1) is 0 Å². The van der Waals surface area contributed by atoms with Gasteiger partial charge < -0.3 is 5.53 Å². The Balaban J connectivity index is 1.47. The molecule has 0 amide bonds. The molecule has 250 valence electrons. The maximum Gasteiger partial charge on any atom is 0.312 e. The number of hydrogen-bond acceptors (Lipinski definition) is 2. The first-order valence-electron chi connectivity index (χ1n) is 18.3. The number of pyridine rings is 2. The first-order valence-corrected chi connectivity index (χ1v) is 18.3. The summed E-state index contributed by atoms with van der Waals surface area (Å²) < 4.78 is 0. The maximum absolute atomic E-state index is 11.7. The van der Waals surface area contributed by atoms with Crippen molar-refractivity contribution >= 4 is 81.8 Å². The Kier molecular flexibility index (Phi) is 6.69. The monoisotopic (exact) mass is 686 g/mol. The fraction of sp³-hybridized carbons (Fsp3) is 0.0200. The fourth-order valence-electron chi connectivity index (χ4n) is 9.18. The topological polar surface area (TPSA) is 62.2 Å². The predicted molar refractivity (Wildman–Crippen MR) is 223 cm³/mol. The highest BCUT2D eigenvalue weighted by Crippen LogP contribution is 2.55. The molecule has 0 fully saturated rings. The summed E-state index contributed by atoms with van der Waals surface area (Å²) in [6, 6.07) is 57.9. The van der Waals surface area contributed by atoms with E-state index in [1.165, 1.54) is 0 Å². The summed E-state index contributed by atoms with van der Waals surface area (Å²) in [6.45, 7) is 0. The summed E-state index contributed by atoms with van der Waals surface area (Å²) in [5.74, 6) is -0.487. The molecule has 0 bridgehead atoms. The van der Waals surface area contributed by atoms with E-state index in [0.717, 1.165) is 104 Å². The number of fused-ring (bicyclic) bond motifs is 11. The summed E-state index contributed by atoms with van der Waals surface area (Å²) in [7, 11) is 0. The molecular weight excluding hydrogens is 657 g/mol. The van der Waals surface area contributed by atoms with Crippen LogP contribution in [0.3, 0.4) is 0 Å². The molecule has 0 N–H and O–H groups in total. The number of benzene rings is 8. The minimum Gasteiger partial charge on any atom is -0.361 e. The molecule has 11 rings (SSSR count). The number of allylic oxidation sites excluding steroid dienone is 1. The van der Waals surface area contributed by atoms with Crippen LogP contribution in [0.15, 0.2) is 176 Å². The van der Waals surface area contributed by atoms with Gasteiger partial charge in [-0.05, 0) is 89.8 Å². The van der Waals surface area contributed by atoms with Crippen LogP contribution in [-0.4, -0.2) is 20.5 Å². The van der Waals surface area contributed by atoms with E-state index >= 15 is 0 Å². The molecular formula is C50H30N4. The number of hydrogen-bond donors (Lipinski definition) is 0. The van der Waals surface area contributed by atoms with E-state index in [1.807, 2.05) is 24.5 Å². The zero-order valence-electron chi connectivity index (χ0n) is 29.1. The van der Waals surface area contributed by atoms with Gasteiger partial charge in [-0.1, -0.05) is 140 Å². The lowest BCUT2D eigenvalue weighted by Gasteiger charge is -2.32. The van der Waals surface area contributed by atoms with Gasteiger partial charge in [0.05, 0.1) is 16.6 Å². The molecule has 2 aromatic heterocycles. The molecule has 10 aromatic rings. The molecule has 8 aromatic carbocycles. The molecule has 1 aliphatic rings. The van der Waals surface area contributed by atoms with Gasteiger partial charge in [-0.2, -0.15) is 4.79 Å². The third-order valence-corrected chi connectivity index (χ3v) is 11.3. The molecule has 0 saturated heterocycles. The summed E-state index contributed by atoms with van der Waals surface area (Å²) >= 11 is 0. The van der Waals surface area contributed by atoms with E-state index in [-0.39, 0.29) is 0 Å². The largest absolute Gasteiger partial charge is 0.361 e. The molecule has 0 spiro atoms. The van der Waals surface area contributed by atoms with Gasteiger partial charge in [-0.3, -0.25) is 9.97 Å². The first-order chi connectivity index (χ1) is 26.8. The van der Waals surface area contributed by atoms with Crippen molar-refractivity contribution < 1.29 is 4.79 Å². The van der Waals surface area contributed by atoms with Crippen molar-refractivity contribution in [1.82, 2.24) is 9.97 Å². The average molecular weight is 687 g/mol. The van der Waals surface area contributed by atoms with Crippen LogP contribution in [0.1, 0.15) is 33.7 Å². The van der Waals surface area contributed by atoms with E-state index in [1.54, 1.807) is 0 Å². The zero-order chi connectivity index (χ0) is 35.8. The van der Waals surface area contributed by atoms with Crippen LogP contribution in [0.2, 0.25) is 0 Å². The van der Waals surface area contributed by atoms with Gasteiger partial charge in [0, 0.05) is 34.1 Å². The minimum atomic E-state index is -0.487. The number of nitrogens with zero attached hydrogens (tertiary/aromatic N) is 4. The van der Waals surface area contributed by atoms with Crippen LogP contribution >= 0.6 is 0 Å². The molecule has 2 heterocycles. The molecule has 0 aliphatic heterocycles. The third-order valence-electron chi connectivity index (χ3n) is 11.3. The Labute approximate surface area is 310 Å². The smallest absolute Gasteiger partial charge is 0.312 e. The molecule has 4 nitrogen and oxygen atoms in total. The van der Waals surface area contributed by atoms with Gasteiger partial charge in [0.15, 0.2) is 0 Å². The van der Waals surface area contributed by atoms with Crippen molar-refractivity contribution in [2.45, 2.75) is 5.92 Å². The maximum atomic E-state index is 11.7. The standard InChI is InChI=1S/C50H30N4/c51-54-50-48(40-21-9-25-43-36(40)23-11-29-53-43)46(39-20-8-24-42-35(39)22-10-28-52-42)45(37-19-7-14-30-12-1-3-15-32(30)37)47-38-18-6-5-17-34(38)41-27-26-31-13-2-4-16-33(31)44(41)49(47)50/h1-29,48H. The van der Waals surface area contributed by atoms with Crippen molar-refractivity contribution in [3.05, 3.63) is 210 Å². The third kappa shape index (κ3) is 4.32. The molecule has 0 radical (unpaired) electrons. The SMILES string of the molecule is [N-]=[N+]=C1c2c(c3ccccc3c3ccc4ccccc4c23)C(c2cccc3ccccc23)=C(c2cccc3ncccc23)C1c1cccc2ncccc12.